The predicted octanol–water partition coefficient (Wildman–Crippen LogP) is 3.62. The third kappa shape index (κ3) is 3.85. The van der Waals surface area contributed by atoms with Crippen LogP contribution in [0.2, 0.25) is 0 Å². The van der Waals surface area contributed by atoms with Crippen LogP contribution in [-0.4, -0.2) is 56.4 Å². The third-order valence-electron chi connectivity index (χ3n) is 5.73. The van der Waals surface area contributed by atoms with Crippen molar-refractivity contribution >= 4 is 38.6 Å². The van der Waals surface area contributed by atoms with Gasteiger partial charge in [-0.05, 0) is 53.1 Å². The van der Waals surface area contributed by atoms with Crippen LogP contribution >= 0.6 is 22.7 Å². The number of sulfonamides is 1. The van der Waals surface area contributed by atoms with Gasteiger partial charge < -0.3 is 9.64 Å². The molecule has 0 aliphatic carbocycles. The van der Waals surface area contributed by atoms with Crippen LogP contribution in [0.1, 0.15) is 31.7 Å². The maximum Gasteiger partial charge on any atom is 0.254 e. The van der Waals surface area contributed by atoms with E-state index in [-0.39, 0.29) is 16.8 Å². The number of hydrogen-bond acceptors (Lipinski definition) is 6. The van der Waals surface area contributed by atoms with Gasteiger partial charge in [0.05, 0.1) is 24.2 Å². The molecular formula is C22H22N2O4S3. The number of carbonyl (C=O) groups excluding carboxylic acids is 1. The molecule has 5 rings (SSSR count). The molecule has 9 heteroatoms. The monoisotopic (exact) mass is 474 g/mol. The molecule has 0 N–H and O–H groups in total. The number of amides is 1. The van der Waals surface area contributed by atoms with E-state index in [1.54, 1.807) is 40.9 Å². The molecule has 6 nitrogen and oxygen atoms in total. The van der Waals surface area contributed by atoms with Gasteiger partial charge in [0.2, 0.25) is 10.0 Å². The number of morpholine rings is 1. The van der Waals surface area contributed by atoms with Crippen molar-refractivity contribution in [3.63, 3.8) is 0 Å². The number of carbonyl (C=O) groups is 1. The summed E-state index contributed by atoms with van der Waals surface area (Å²) in [6, 6.07) is 12.5. The number of ether oxygens (including phenoxy) is 1. The van der Waals surface area contributed by atoms with Gasteiger partial charge in [-0.3, -0.25) is 4.79 Å². The number of hydrogen-bond donors (Lipinski definition) is 0. The van der Waals surface area contributed by atoms with E-state index in [0.29, 0.717) is 38.4 Å². The minimum Gasteiger partial charge on any atom is -0.379 e. The fraction of sp³-hybridized carbons (Fsp3) is 0.318. The highest BCUT2D eigenvalue weighted by Gasteiger charge is 2.34. The highest BCUT2D eigenvalue weighted by Crippen LogP contribution is 2.40. The van der Waals surface area contributed by atoms with E-state index < -0.39 is 10.0 Å². The molecule has 1 aromatic carbocycles. The second-order valence-corrected chi connectivity index (χ2v) is 11.4. The molecule has 4 heterocycles. The van der Waals surface area contributed by atoms with Gasteiger partial charge in [0.1, 0.15) is 0 Å². The first-order valence-corrected chi connectivity index (χ1v) is 13.3. The Morgan fingerprint density at radius 3 is 2.61 bits per heavy atom. The molecule has 0 spiro atoms. The van der Waals surface area contributed by atoms with Crippen molar-refractivity contribution < 1.29 is 17.9 Å². The van der Waals surface area contributed by atoms with E-state index in [1.165, 1.54) is 20.8 Å². The smallest absolute Gasteiger partial charge is 0.254 e. The average Bonchev–Trinajstić information content (AvgIpc) is 3.51. The predicted molar refractivity (Wildman–Crippen MR) is 121 cm³/mol. The van der Waals surface area contributed by atoms with Gasteiger partial charge >= 0.3 is 0 Å². The number of nitrogens with zero attached hydrogens (tertiary/aromatic N) is 2. The Hall–Kier alpha value is -2.04. The minimum atomic E-state index is -3.66. The molecule has 3 aromatic rings. The summed E-state index contributed by atoms with van der Waals surface area (Å²) < 4.78 is 32.8. The van der Waals surface area contributed by atoms with Crippen molar-refractivity contribution in [2.45, 2.75) is 17.4 Å². The Morgan fingerprint density at radius 2 is 1.84 bits per heavy atom. The van der Waals surface area contributed by atoms with Gasteiger partial charge in [-0.25, -0.2) is 8.42 Å². The molecule has 162 valence electrons. The summed E-state index contributed by atoms with van der Waals surface area (Å²) in [5.74, 6) is -0.144. The number of benzene rings is 1. The molecule has 1 amide bonds. The lowest BCUT2D eigenvalue weighted by Gasteiger charge is -2.35. The van der Waals surface area contributed by atoms with Gasteiger partial charge in [0.15, 0.2) is 0 Å². The molecule has 0 radical (unpaired) electrons. The first-order valence-electron chi connectivity index (χ1n) is 10.1. The zero-order valence-corrected chi connectivity index (χ0v) is 19.2. The highest BCUT2D eigenvalue weighted by molar-refractivity contribution is 7.89. The largest absolute Gasteiger partial charge is 0.379 e. The van der Waals surface area contributed by atoms with Gasteiger partial charge in [-0.2, -0.15) is 4.31 Å². The first-order chi connectivity index (χ1) is 15.1. The molecule has 0 bridgehead atoms. The lowest BCUT2D eigenvalue weighted by atomic mass is 9.97. The van der Waals surface area contributed by atoms with E-state index in [0.717, 1.165) is 11.3 Å². The Labute approximate surface area is 189 Å². The van der Waals surface area contributed by atoms with Crippen LogP contribution in [0.3, 0.4) is 0 Å². The van der Waals surface area contributed by atoms with Crippen LogP contribution in [0, 0.1) is 0 Å². The van der Waals surface area contributed by atoms with Gasteiger partial charge in [-0.1, -0.05) is 12.1 Å². The fourth-order valence-corrected chi connectivity index (χ4v) is 7.39. The van der Waals surface area contributed by atoms with Crippen LogP contribution in [-0.2, 0) is 21.2 Å². The van der Waals surface area contributed by atoms with Crippen molar-refractivity contribution in [2.24, 2.45) is 0 Å². The van der Waals surface area contributed by atoms with E-state index in [2.05, 4.69) is 17.5 Å². The SMILES string of the molecule is O=C(c1cccc(S(=O)(=O)N2CCOCC2)c1)N1CCc2sccc2[C@H]1c1cccs1. The van der Waals surface area contributed by atoms with Crippen molar-refractivity contribution in [2.75, 3.05) is 32.8 Å². The van der Waals surface area contributed by atoms with Gasteiger partial charge in [0, 0.05) is 35.0 Å². The zero-order chi connectivity index (χ0) is 21.4. The molecular weight excluding hydrogens is 452 g/mol. The van der Waals surface area contributed by atoms with E-state index in [4.69, 9.17) is 4.74 Å². The Kier molecular flexibility index (Phi) is 5.70. The molecule has 2 aliphatic rings. The average molecular weight is 475 g/mol. The molecule has 0 unspecified atom stereocenters. The molecule has 1 fully saturated rings. The standard InChI is InChI=1S/C22H22N2O4S3/c25-22(16-3-1-4-17(15-16)31(26,27)23-9-11-28-12-10-23)24-8-6-19-18(7-14-30-19)21(24)20-5-2-13-29-20/h1-5,7,13-15,21H,6,8-12H2/t21-/m0/s1. The second kappa shape index (κ2) is 8.48. The Balaban J connectivity index is 1.48. The van der Waals surface area contributed by atoms with E-state index in [9.17, 15) is 13.2 Å². The van der Waals surface area contributed by atoms with Crippen molar-refractivity contribution in [1.29, 1.82) is 0 Å². The van der Waals surface area contributed by atoms with Gasteiger partial charge in [-0.15, -0.1) is 22.7 Å². The summed E-state index contributed by atoms with van der Waals surface area (Å²) in [5, 5.41) is 4.10. The summed E-state index contributed by atoms with van der Waals surface area (Å²) >= 11 is 3.36. The summed E-state index contributed by atoms with van der Waals surface area (Å²) in [6.07, 6.45) is 0.812. The maximum absolute atomic E-state index is 13.6. The van der Waals surface area contributed by atoms with Crippen molar-refractivity contribution in [1.82, 2.24) is 9.21 Å². The molecule has 2 aliphatic heterocycles. The number of fused-ring (bicyclic) bond motifs is 1. The lowest BCUT2D eigenvalue weighted by Crippen LogP contribution is -2.41. The maximum atomic E-state index is 13.6. The zero-order valence-electron chi connectivity index (χ0n) is 16.8. The topological polar surface area (TPSA) is 66.9 Å². The quantitative estimate of drug-likeness (QED) is 0.579. The summed E-state index contributed by atoms with van der Waals surface area (Å²) in [4.78, 5) is 18.1. The van der Waals surface area contributed by atoms with E-state index in [1.807, 2.05) is 16.3 Å². The lowest BCUT2D eigenvalue weighted by molar-refractivity contribution is 0.0698. The summed E-state index contributed by atoms with van der Waals surface area (Å²) in [5.41, 5.74) is 1.57. The first kappa shape index (κ1) is 20.8. The minimum absolute atomic E-state index is 0.137. The molecule has 1 atom stereocenters. The second-order valence-electron chi connectivity index (χ2n) is 7.51. The Bertz CT molecular complexity index is 1180. The molecule has 31 heavy (non-hydrogen) atoms. The highest BCUT2D eigenvalue weighted by atomic mass is 32.2. The van der Waals surface area contributed by atoms with Crippen LogP contribution in [0.4, 0.5) is 0 Å². The van der Waals surface area contributed by atoms with Crippen LogP contribution in [0.5, 0.6) is 0 Å². The summed E-state index contributed by atoms with van der Waals surface area (Å²) in [7, 11) is -3.66. The van der Waals surface area contributed by atoms with Crippen LogP contribution in [0.25, 0.3) is 0 Å². The van der Waals surface area contributed by atoms with E-state index >= 15 is 0 Å². The molecule has 1 saturated heterocycles. The summed E-state index contributed by atoms with van der Waals surface area (Å²) in [6.45, 7) is 2.03. The van der Waals surface area contributed by atoms with Crippen LogP contribution < -0.4 is 0 Å². The normalized spacial score (nSPS) is 19.9. The number of rotatable bonds is 4. The van der Waals surface area contributed by atoms with Crippen molar-refractivity contribution in [3.05, 3.63) is 74.1 Å². The van der Waals surface area contributed by atoms with Crippen molar-refractivity contribution in [3.8, 4) is 0 Å². The molecule has 0 saturated carbocycles. The fourth-order valence-electron chi connectivity index (χ4n) is 4.18. The molecule has 2 aromatic heterocycles. The Morgan fingerprint density at radius 1 is 1.00 bits per heavy atom. The third-order valence-corrected chi connectivity index (χ3v) is 9.54. The van der Waals surface area contributed by atoms with Gasteiger partial charge in [0.25, 0.3) is 5.91 Å². The number of thiophene rings is 2. The van der Waals surface area contributed by atoms with Crippen LogP contribution in [0.15, 0.2) is 58.1 Å².